The molecule has 1 atom stereocenters. The Morgan fingerprint density at radius 1 is 1.35 bits per heavy atom. The lowest BCUT2D eigenvalue weighted by Gasteiger charge is -2.13. The average molecular weight is 292 g/mol. The van der Waals surface area contributed by atoms with Crippen LogP contribution in [-0.2, 0) is 0 Å². The van der Waals surface area contributed by atoms with Gasteiger partial charge in [0.25, 0.3) is 0 Å². The molecule has 0 radical (unpaired) electrons. The zero-order valence-electron chi connectivity index (χ0n) is 10.5. The van der Waals surface area contributed by atoms with Gasteiger partial charge in [0.15, 0.2) is 5.69 Å². The monoisotopic (exact) mass is 292 g/mol. The summed E-state index contributed by atoms with van der Waals surface area (Å²) in [7, 11) is 0. The lowest BCUT2D eigenvalue weighted by Crippen LogP contribution is -2.31. The minimum Gasteiger partial charge on any atom is -0.476 e. The van der Waals surface area contributed by atoms with Gasteiger partial charge < -0.3 is 15.7 Å². The predicted octanol–water partition coefficient (Wildman–Crippen LogP) is 2.12. The number of carboxylic acids is 1. The SMILES string of the molecule is CC(NC(=O)Nc1cccnc1C(=O)O)c1nccs1. The van der Waals surface area contributed by atoms with Gasteiger partial charge in [-0.3, -0.25) is 0 Å². The van der Waals surface area contributed by atoms with E-state index >= 15 is 0 Å². The zero-order chi connectivity index (χ0) is 14.5. The second-order valence-corrected chi connectivity index (χ2v) is 4.82. The number of thiazole rings is 1. The van der Waals surface area contributed by atoms with Crippen LogP contribution in [0, 0.1) is 0 Å². The van der Waals surface area contributed by atoms with Gasteiger partial charge in [-0.2, -0.15) is 0 Å². The summed E-state index contributed by atoms with van der Waals surface area (Å²) in [5.74, 6) is -1.20. The van der Waals surface area contributed by atoms with Crippen molar-refractivity contribution in [3.63, 3.8) is 0 Å². The number of anilines is 1. The number of hydrogen-bond donors (Lipinski definition) is 3. The van der Waals surface area contributed by atoms with Gasteiger partial charge in [0.1, 0.15) is 5.01 Å². The second kappa shape index (κ2) is 6.11. The fourth-order valence-electron chi connectivity index (χ4n) is 1.54. The molecule has 2 aromatic heterocycles. The van der Waals surface area contributed by atoms with Crippen LogP contribution in [0.3, 0.4) is 0 Å². The maximum Gasteiger partial charge on any atom is 0.356 e. The van der Waals surface area contributed by atoms with Crippen LogP contribution in [0.5, 0.6) is 0 Å². The second-order valence-electron chi connectivity index (χ2n) is 3.90. The highest BCUT2D eigenvalue weighted by atomic mass is 32.1. The van der Waals surface area contributed by atoms with Gasteiger partial charge in [-0.15, -0.1) is 11.3 Å². The maximum absolute atomic E-state index is 11.8. The van der Waals surface area contributed by atoms with Gasteiger partial charge in [0.2, 0.25) is 0 Å². The molecule has 0 aromatic carbocycles. The highest BCUT2D eigenvalue weighted by molar-refractivity contribution is 7.09. The predicted molar refractivity (Wildman–Crippen MR) is 73.9 cm³/mol. The summed E-state index contributed by atoms with van der Waals surface area (Å²) in [6.07, 6.45) is 3.00. The van der Waals surface area contributed by atoms with Crippen molar-refractivity contribution >= 4 is 29.0 Å². The third-order valence-electron chi connectivity index (χ3n) is 2.43. The van der Waals surface area contributed by atoms with Gasteiger partial charge in [-0.1, -0.05) is 0 Å². The summed E-state index contributed by atoms with van der Waals surface area (Å²) in [6.45, 7) is 1.79. The normalized spacial score (nSPS) is 11.7. The fourth-order valence-corrected chi connectivity index (χ4v) is 2.19. The minimum atomic E-state index is -1.20. The summed E-state index contributed by atoms with van der Waals surface area (Å²) in [4.78, 5) is 30.6. The Hall–Kier alpha value is -2.48. The Morgan fingerprint density at radius 2 is 2.15 bits per heavy atom. The summed E-state index contributed by atoms with van der Waals surface area (Å²) >= 11 is 1.43. The Kier molecular flexibility index (Phi) is 4.26. The first-order chi connectivity index (χ1) is 9.58. The number of urea groups is 1. The topological polar surface area (TPSA) is 104 Å². The van der Waals surface area contributed by atoms with Gasteiger partial charge in [0, 0.05) is 17.8 Å². The van der Waals surface area contributed by atoms with E-state index in [-0.39, 0.29) is 17.4 Å². The molecule has 1 unspecified atom stereocenters. The van der Waals surface area contributed by atoms with E-state index in [0.29, 0.717) is 0 Å². The van der Waals surface area contributed by atoms with Crippen LogP contribution in [0.1, 0.15) is 28.5 Å². The molecule has 0 bridgehead atoms. The Labute approximate surface area is 118 Å². The maximum atomic E-state index is 11.8. The Morgan fingerprint density at radius 3 is 2.80 bits per heavy atom. The summed E-state index contributed by atoms with van der Waals surface area (Å²) in [5.41, 5.74) is -0.0617. The van der Waals surface area contributed by atoms with Crippen LogP contribution in [0.2, 0.25) is 0 Å². The van der Waals surface area contributed by atoms with Crippen molar-refractivity contribution in [1.29, 1.82) is 0 Å². The molecule has 0 aliphatic heterocycles. The first kappa shape index (κ1) is 13.9. The van der Waals surface area contributed by atoms with E-state index in [2.05, 4.69) is 20.6 Å². The summed E-state index contributed by atoms with van der Waals surface area (Å²) in [6, 6.07) is 2.25. The van der Waals surface area contributed by atoms with Crippen LogP contribution >= 0.6 is 11.3 Å². The van der Waals surface area contributed by atoms with E-state index in [1.807, 2.05) is 5.38 Å². The molecule has 0 fully saturated rings. The summed E-state index contributed by atoms with van der Waals surface area (Å²) < 4.78 is 0. The van der Waals surface area contributed by atoms with Crippen LogP contribution in [0.25, 0.3) is 0 Å². The molecule has 2 aromatic rings. The van der Waals surface area contributed by atoms with Gasteiger partial charge in [-0.25, -0.2) is 19.6 Å². The third kappa shape index (κ3) is 3.29. The van der Waals surface area contributed by atoms with Crippen molar-refractivity contribution in [1.82, 2.24) is 15.3 Å². The van der Waals surface area contributed by atoms with Crippen molar-refractivity contribution in [2.24, 2.45) is 0 Å². The number of aromatic nitrogens is 2. The number of carbonyl (C=O) groups excluding carboxylic acids is 1. The van der Waals surface area contributed by atoms with E-state index in [4.69, 9.17) is 5.11 Å². The Balaban J connectivity index is 2.03. The van der Waals surface area contributed by atoms with Crippen LogP contribution < -0.4 is 10.6 Å². The third-order valence-corrected chi connectivity index (χ3v) is 3.39. The lowest BCUT2D eigenvalue weighted by molar-refractivity contribution is 0.0692. The zero-order valence-corrected chi connectivity index (χ0v) is 11.3. The summed E-state index contributed by atoms with van der Waals surface area (Å²) in [5, 5.41) is 16.7. The Bertz CT molecular complexity index is 615. The highest BCUT2D eigenvalue weighted by Crippen LogP contribution is 2.16. The number of pyridine rings is 1. The minimum absolute atomic E-state index is 0.142. The first-order valence-electron chi connectivity index (χ1n) is 5.73. The largest absolute Gasteiger partial charge is 0.476 e. The number of nitrogens with one attached hydrogen (secondary N) is 2. The molecule has 104 valence electrons. The number of carbonyl (C=O) groups is 2. The smallest absolute Gasteiger partial charge is 0.356 e. The van der Waals surface area contributed by atoms with E-state index in [0.717, 1.165) is 5.01 Å². The van der Waals surface area contributed by atoms with Crippen LogP contribution in [-0.4, -0.2) is 27.1 Å². The first-order valence-corrected chi connectivity index (χ1v) is 6.61. The molecule has 8 heteroatoms. The molecular formula is C12H12N4O3S. The number of nitrogens with zero attached hydrogens (tertiary/aromatic N) is 2. The van der Waals surface area contributed by atoms with Crippen molar-refractivity contribution in [2.75, 3.05) is 5.32 Å². The standard InChI is InChI=1S/C12H12N4O3S/c1-7(10-14-5-6-20-10)15-12(19)16-8-3-2-4-13-9(8)11(17)18/h2-7H,1H3,(H,17,18)(H2,15,16,19). The average Bonchev–Trinajstić information content (AvgIpc) is 2.92. The molecule has 0 saturated heterocycles. The molecular weight excluding hydrogens is 280 g/mol. The van der Waals surface area contributed by atoms with Crippen LogP contribution in [0.15, 0.2) is 29.9 Å². The van der Waals surface area contributed by atoms with Gasteiger partial charge in [0.05, 0.1) is 11.7 Å². The van der Waals surface area contributed by atoms with Gasteiger partial charge >= 0.3 is 12.0 Å². The quantitative estimate of drug-likeness (QED) is 0.800. The van der Waals surface area contributed by atoms with E-state index < -0.39 is 12.0 Å². The molecule has 0 saturated carbocycles. The molecule has 7 nitrogen and oxygen atoms in total. The number of carboxylic acid groups (broad SMARTS) is 1. The van der Waals surface area contributed by atoms with Crippen molar-refractivity contribution < 1.29 is 14.7 Å². The molecule has 0 aliphatic carbocycles. The van der Waals surface area contributed by atoms with E-state index in [1.165, 1.54) is 23.6 Å². The molecule has 2 heterocycles. The molecule has 3 N–H and O–H groups in total. The number of rotatable bonds is 4. The van der Waals surface area contributed by atoms with Crippen LogP contribution in [0.4, 0.5) is 10.5 Å². The molecule has 0 spiro atoms. The lowest BCUT2D eigenvalue weighted by atomic mass is 10.3. The highest BCUT2D eigenvalue weighted by Gasteiger charge is 2.15. The number of hydrogen-bond acceptors (Lipinski definition) is 5. The molecule has 0 aliphatic rings. The molecule has 2 amide bonds. The van der Waals surface area contributed by atoms with E-state index in [9.17, 15) is 9.59 Å². The molecule has 20 heavy (non-hydrogen) atoms. The van der Waals surface area contributed by atoms with Crippen molar-refractivity contribution in [2.45, 2.75) is 13.0 Å². The van der Waals surface area contributed by atoms with Crippen molar-refractivity contribution in [3.05, 3.63) is 40.6 Å². The molecule has 2 rings (SSSR count). The van der Waals surface area contributed by atoms with Gasteiger partial charge in [-0.05, 0) is 19.1 Å². The number of aromatic carboxylic acids is 1. The van der Waals surface area contributed by atoms with Crippen molar-refractivity contribution in [3.8, 4) is 0 Å². The fraction of sp³-hybridized carbons (Fsp3) is 0.167. The number of amides is 2. The van der Waals surface area contributed by atoms with E-state index in [1.54, 1.807) is 19.2 Å².